The van der Waals surface area contributed by atoms with Gasteiger partial charge in [-0.2, -0.15) is 0 Å². The summed E-state index contributed by atoms with van der Waals surface area (Å²) < 4.78 is 0. The molecule has 1 aromatic rings. The molecule has 0 saturated carbocycles. The summed E-state index contributed by atoms with van der Waals surface area (Å²) in [6, 6.07) is 5.34. The van der Waals surface area contributed by atoms with Crippen LogP contribution < -0.4 is 11.1 Å². The van der Waals surface area contributed by atoms with Crippen LogP contribution in [-0.2, 0) is 16.1 Å². The van der Waals surface area contributed by atoms with Crippen LogP contribution in [0.15, 0.2) is 18.2 Å². The number of nitrogens with one attached hydrogen (secondary N) is 1. The van der Waals surface area contributed by atoms with E-state index < -0.39 is 17.9 Å². The van der Waals surface area contributed by atoms with Gasteiger partial charge in [0.2, 0.25) is 5.91 Å². The number of primary amides is 1. The van der Waals surface area contributed by atoms with Crippen LogP contribution in [0.25, 0.3) is 0 Å². The standard InChI is InChI=1S/C14H20N2O3/c1-9-4-3-5-11(10(9)2)8-16-12(14(15)19)6-7-13(17)18/h3-5,12,16H,6-8H2,1-2H3,(H2,15,19)(H,17,18)/t12-/m0/s1. The molecule has 0 bridgehead atoms. The van der Waals surface area contributed by atoms with E-state index in [1.165, 1.54) is 5.56 Å². The van der Waals surface area contributed by atoms with Crippen molar-refractivity contribution in [3.8, 4) is 0 Å². The molecule has 4 N–H and O–H groups in total. The van der Waals surface area contributed by atoms with Crippen molar-refractivity contribution in [3.63, 3.8) is 0 Å². The molecule has 0 radical (unpaired) electrons. The van der Waals surface area contributed by atoms with Gasteiger partial charge < -0.3 is 16.2 Å². The summed E-state index contributed by atoms with van der Waals surface area (Å²) in [6.45, 7) is 4.54. The Morgan fingerprint density at radius 1 is 1.37 bits per heavy atom. The van der Waals surface area contributed by atoms with Crippen molar-refractivity contribution in [2.45, 2.75) is 39.3 Å². The van der Waals surface area contributed by atoms with Gasteiger partial charge in [-0.1, -0.05) is 18.2 Å². The van der Waals surface area contributed by atoms with E-state index in [0.717, 1.165) is 11.1 Å². The Bertz CT molecular complexity index is 472. The number of carbonyl (C=O) groups excluding carboxylic acids is 1. The molecule has 5 nitrogen and oxygen atoms in total. The fourth-order valence-electron chi connectivity index (χ4n) is 1.85. The Kier molecular flexibility index (Phi) is 5.51. The van der Waals surface area contributed by atoms with Crippen LogP contribution in [0.2, 0.25) is 0 Å². The summed E-state index contributed by atoms with van der Waals surface area (Å²) in [6.07, 6.45) is 0.128. The maximum atomic E-state index is 11.3. The van der Waals surface area contributed by atoms with E-state index in [2.05, 4.69) is 5.32 Å². The zero-order valence-electron chi connectivity index (χ0n) is 11.3. The monoisotopic (exact) mass is 264 g/mol. The van der Waals surface area contributed by atoms with Crippen LogP contribution in [0.3, 0.4) is 0 Å². The topological polar surface area (TPSA) is 92.4 Å². The first-order chi connectivity index (χ1) is 8.91. The highest BCUT2D eigenvalue weighted by Crippen LogP contribution is 2.12. The lowest BCUT2D eigenvalue weighted by atomic mass is 10.0. The SMILES string of the molecule is Cc1cccc(CN[C@@H](CCC(=O)O)C(N)=O)c1C. The van der Waals surface area contributed by atoms with Crippen LogP contribution in [0.4, 0.5) is 0 Å². The largest absolute Gasteiger partial charge is 0.481 e. The Balaban J connectivity index is 2.63. The molecule has 0 spiro atoms. The number of rotatable bonds is 7. The number of carbonyl (C=O) groups is 2. The molecule has 1 aromatic carbocycles. The van der Waals surface area contributed by atoms with E-state index in [1.807, 2.05) is 32.0 Å². The zero-order chi connectivity index (χ0) is 14.4. The van der Waals surface area contributed by atoms with Gasteiger partial charge in [0.15, 0.2) is 0 Å². The minimum absolute atomic E-state index is 0.0760. The van der Waals surface area contributed by atoms with E-state index >= 15 is 0 Å². The molecule has 0 fully saturated rings. The molecule has 0 aliphatic carbocycles. The predicted octanol–water partition coefficient (Wildman–Crippen LogP) is 1.11. The lowest BCUT2D eigenvalue weighted by Crippen LogP contribution is -2.41. The first-order valence-corrected chi connectivity index (χ1v) is 6.21. The fourth-order valence-corrected chi connectivity index (χ4v) is 1.85. The van der Waals surface area contributed by atoms with Crippen molar-refractivity contribution in [1.82, 2.24) is 5.32 Å². The summed E-state index contributed by atoms with van der Waals surface area (Å²) in [5, 5.41) is 11.7. The van der Waals surface area contributed by atoms with Gasteiger partial charge in [0.1, 0.15) is 0 Å². The first kappa shape index (κ1) is 15.2. The number of hydrogen-bond donors (Lipinski definition) is 3. The van der Waals surface area contributed by atoms with Gasteiger partial charge in [0.05, 0.1) is 6.04 Å². The third kappa shape index (κ3) is 4.71. The quantitative estimate of drug-likeness (QED) is 0.688. The van der Waals surface area contributed by atoms with E-state index in [1.54, 1.807) is 0 Å². The van der Waals surface area contributed by atoms with Crippen molar-refractivity contribution in [1.29, 1.82) is 0 Å². The molecule has 0 unspecified atom stereocenters. The minimum atomic E-state index is -0.931. The molecule has 0 heterocycles. The van der Waals surface area contributed by atoms with Gasteiger partial charge in [-0.25, -0.2) is 0 Å². The molecule has 1 rings (SSSR count). The molecule has 0 saturated heterocycles. The van der Waals surface area contributed by atoms with Crippen LogP contribution >= 0.6 is 0 Å². The number of hydrogen-bond acceptors (Lipinski definition) is 3. The zero-order valence-corrected chi connectivity index (χ0v) is 11.3. The lowest BCUT2D eigenvalue weighted by Gasteiger charge is -2.16. The van der Waals surface area contributed by atoms with E-state index in [4.69, 9.17) is 10.8 Å². The molecular weight excluding hydrogens is 244 g/mol. The Morgan fingerprint density at radius 3 is 2.63 bits per heavy atom. The second-order valence-corrected chi connectivity index (χ2v) is 4.63. The Morgan fingerprint density at radius 2 is 2.05 bits per heavy atom. The number of carboxylic acid groups (broad SMARTS) is 1. The van der Waals surface area contributed by atoms with Gasteiger partial charge in [0.25, 0.3) is 0 Å². The molecule has 5 heteroatoms. The highest BCUT2D eigenvalue weighted by Gasteiger charge is 2.16. The highest BCUT2D eigenvalue weighted by atomic mass is 16.4. The lowest BCUT2D eigenvalue weighted by molar-refractivity contribution is -0.137. The van der Waals surface area contributed by atoms with E-state index in [0.29, 0.717) is 6.54 Å². The first-order valence-electron chi connectivity index (χ1n) is 6.21. The summed E-state index contributed by atoms with van der Waals surface area (Å²) in [5.74, 6) is -1.45. The van der Waals surface area contributed by atoms with Gasteiger partial charge in [-0.3, -0.25) is 9.59 Å². The number of aliphatic carboxylic acids is 1. The summed E-state index contributed by atoms with van der Waals surface area (Å²) in [4.78, 5) is 21.8. The summed E-state index contributed by atoms with van der Waals surface area (Å²) in [7, 11) is 0. The van der Waals surface area contributed by atoms with Crippen molar-refractivity contribution >= 4 is 11.9 Å². The maximum Gasteiger partial charge on any atom is 0.303 e. The summed E-state index contributed by atoms with van der Waals surface area (Å²) in [5.41, 5.74) is 8.69. The Labute approximate surface area is 112 Å². The fraction of sp³-hybridized carbons (Fsp3) is 0.429. The average Bonchev–Trinajstić information content (AvgIpc) is 2.33. The van der Waals surface area contributed by atoms with Gasteiger partial charge in [0, 0.05) is 13.0 Å². The average molecular weight is 264 g/mol. The highest BCUT2D eigenvalue weighted by molar-refractivity contribution is 5.80. The second kappa shape index (κ2) is 6.89. The van der Waals surface area contributed by atoms with E-state index in [-0.39, 0.29) is 12.8 Å². The van der Waals surface area contributed by atoms with Crippen LogP contribution in [-0.4, -0.2) is 23.0 Å². The maximum absolute atomic E-state index is 11.3. The number of benzene rings is 1. The van der Waals surface area contributed by atoms with Crippen molar-refractivity contribution in [3.05, 3.63) is 34.9 Å². The molecular formula is C14H20N2O3. The number of aryl methyl sites for hydroxylation is 1. The van der Waals surface area contributed by atoms with Crippen molar-refractivity contribution in [2.75, 3.05) is 0 Å². The molecule has 0 aromatic heterocycles. The summed E-state index contributed by atoms with van der Waals surface area (Å²) >= 11 is 0. The van der Waals surface area contributed by atoms with Crippen LogP contribution in [0.5, 0.6) is 0 Å². The second-order valence-electron chi connectivity index (χ2n) is 4.63. The van der Waals surface area contributed by atoms with Gasteiger partial charge in [-0.05, 0) is 37.0 Å². The molecule has 1 amide bonds. The number of carboxylic acids is 1. The molecule has 104 valence electrons. The Hall–Kier alpha value is -1.88. The van der Waals surface area contributed by atoms with Crippen molar-refractivity contribution < 1.29 is 14.7 Å². The molecule has 0 aliphatic heterocycles. The normalized spacial score (nSPS) is 12.1. The molecule has 0 aliphatic rings. The molecule has 19 heavy (non-hydrogen) atoms. The van der Waals surface area contributed by atoms with Crippen molar-refractivity contribution in [2.24, 2.45) is 5.73 Å². The van der Waals surface area contributed by atoms with E-state index in [9.17, 15) is 9.59 Å². The van der Waals surface area contributed by atoms with Gasteiger partial charge >= 0.3 is 5.97 Å². The number of nitrogens with two attached hydrogens (primary N) is 1. The third-order valence-corrected chi connectivity index (χ3v) is 3.25. The van der Waals surface area contributed by atoms with Crippen LogP contribution in [0.1, 0.15) is 29.5 Å². The van der Waals surface area contributed by atoms with Gasteiger partial charge in [-0.15, -0.1) is 0 Å². The molecule has 1 atom stereocenters. The minimum Gasteiger partial charge on any atom is -0.481 e. The van der Waals surface area contributed by atoms with Crippen LogP contribution in [0, 0.1) is 13.8 Å². The smallest absolute Gasteiger partial charge is 0.303 e. The third-order valence-electron chi connectivity index (χ3n) is 3.25. The number of amides is 1. The predicted molar refractivity (Wildman–Crippen MR) is 72.6 cm³/mol.